The van der Waals surface area contributed by atoms with Crippen LogP contribution in [0.15, 0.2) is 4.99 Å². The molecule has 100 valence electrons. The summed E-state index contributed by atoms with van der Waals surface area (Å²) >= 11 is 0. The highest BCUT2D eigenvalue weighted by Crippen LogP contribution is 2.26. The molecule has 0 heterocycles. The number of nitrogens with one attached hydrogen (secondary N) is 1. The van der Waals surface area contributed by atoms with Crippen LogP contribution in [0.3, 0.4) is 0 Å². The summed E-state index contributed by atoms with van der Waals surface area (Å²) in [7, 11) is 2.15. The Morgan fingerprint density at radius 2 is 2.24 bits per heavy atom. The standard InChI is InChI=1S/C13H28N4/c1-4-11(2)17(3)9-8-15-13(14)16-10-12-6-5-7-12/h11-12H,4-10H2,1-3H3,(H3,14,15,16). The summed E-state index contributed by atoms with van der Waals surface area (Å²) in [4.78, 5) is 6.71. The Balaban J connectivity index is 2.08. The summed E-state index contributed by atoms with van der Waals surface area (Å²) in [5, 5.41) is 3.18. The summed E-state index contributed by atoms with van der Waals surface area (Å²) in [6.45, 7) is 7.24. The molecule has 4 nitrogen and oxygen atoms in total. The minimum atomic E-state index is 0.606. The van der Waals surface area contributed by atoms with Gasteiger partial charge in [0.1, 0.15) is 0 Å². The molecule has 1 fully saturated rings. The molecule has 0 aromatic heterocycles. The molecule has 0 bridgehead atoms. The smallest absolute Gasteiger partial charge is 0.188 e. The number of hydrogen-bond acceptors (Lipinski definition) is 2. The summed E-state index contributed by atoms with van der Waals surface area (Å²) in [5.41, 5.74) is 5.82. The molecule has 0 saturated heterocycles. The molecule has 0 radical (unpaired) electrons. The van der Waals surface area contributed by atoms with Gasteiger partial charge in [0.25, 0.3) is 0 Å². The molecule has 1 rings (SSSR count). The number of hydrogen-bond donors (Lipinski definition) is 2. The normalized spacial score (nSPS) is 19.2. The molecule has 0 aromatic rings. The van der Waals surface area contributed by atoms with E-state index in [-0.39, 0.29) is 0 Å². The monoisotopic (exact) mass is 240 g/mol. The first-order valence-corrected chi connectivity index (χ1v) is 6.87. The van der Waals surface area contributed by atoms with Crippen LogP contribution in [-0.4, -0.2) is 43.6 Å². The maximum absolute atomic E-state index is 5.82. The van der Waals surface area contributed by atoms with E-state index in [2.05, 4.69) is 36.1 Å². The van der Waals surface area contributed by atoms with Crippen LogP contribution in [0.5, 0.6) is 0 Å². The zero-order valence-electron chi connectivity index (χ0n) is 11.6. The lowest BCUT2D eigenvalue weighted by Gasteiger charge is -2.24. The van der Waals surface area contributed by atoms with E-state index >= 15 is 0 Å². The van der Waals surface area contributed by atoms with E-state index in [9.17, 15) is 0 Å². The fourth-order valence-corrected chi connectivity index (χ4v) is 1.85. The van der Waals surface area contributed by atoms with Crippen LogP contribution in [0, 0.1) is 5.92 Å². The lowest BCUT2D eigenvalue weighted by atomic mass is 9.86. The van der Waals surface area contributed by atoms with Crippen LogP contribution in [-0.2, 0) is 0 Å². The van der Waals surface area contributed by atoms with E-state index < -0.39 is 0 Å². The van der Waals surface area contributed by atoms with Crippen LogP contribution >= 0.6 is 0 Å². The summed E-state index contributed by atoms with van der Waals surface area (Å²) in [5.74, 6) is 1.40. The molecule has 3 N–H and O–H groups in total. The second-order valence-electron chi connectivity index (χ2n) is 5.19. The molecule has 17 heavy (non-hydrogen) atoms. The van der Waals surface area contributed by atoms with Crippen molar-refractivity contribution in [2.24, 2.45) is 16.6 Å². The number of nitrogens with zero attached hydrogens (tertiary/aromatic N) is 2. The predicted octanol–water partition coefficient (Wildman–Crippen LogP) is 1.42. The molecule has 0 aromatic carbocycles. The van der Waals surface area contributed by atoms with Crippen molar-refractivity contribution in [3.05, 3.63) is 0 Å². The fourth-order valence-electron chi connectivity index (χ4n) is 1.85. The van der Waals surface area contributed by atoms with Crippen LogP contribution in [0.1, 0.15) is 39.5 Å². The first kappa shape index (κ1) is 14.3. The van der Waals surface area contributed by atoms with E-state index in [0.29, 0.717) is 12.0 Å². The van der Waals surface area contributed by atoms with Gasteiger partial charge >= 0.3 is 0 Å². The van der Waals surface area contributed by atoms with Gasteiger partial charge in [0.15, 0.2) is 5.96 Å². The lowest BCUT2D eigenvalue weighted by molar-refractivity contribution is 0.256. The third-order valence-electron chi connectivity index (χ3n) is 3.86. The number of likely N-dealkylation sites (N-methyl/N-ethyl adjacent to an activating group) is 1. The van der Waals surface area contributed by atoms with Gasteiger partial charge in [0.2, 0.25) is 0 Å². The van der Waals surface area contributed by atoms with Gasteiger partial charge in [0, 0.05) is 25.7 Å². The van der Waals surface area contributed by atoms with Crippen molar-refractivity contribution in [3.8, 4) is 0 Å². The zero-order chi connectivity index (χ0) is 12.7. The lowest BCUT2D eigenvalue weighted by Crippen LogP contribution is -2.40. The Bertz CT molecular complexity index is 236. The highest BCUT2D eigenvalue weighted by atomic mass is 15.2. The fraction of sp³-hybridized carbons (Fsp3) is 0.923. The second-order valence-corrected chi connectivity index (χ2v) is 5.19. The van der Waals surface area contributed by atoms with Crippen LogP contribution < -0.4 is 11.1 Å². The molecule has 0 spiro atoms. The minimum absolute atomic E-state index is 0.606. The third-order valence-corrected chi connectivity index (χ3v) is 3.86. The molecule has 1 aliphatic rings. The molecule has 1 atom stereocenters. The molecule has 1 aliphatic carbocycles. The first-order valence-electron chi connectivity index (χ1n) is 6.87. The number of guanidine groups is 1. The molecular formula is C13H28N4. The van der Waals surface area contributed by atoms with E-state index in [4.69, 9.17) is 5.73 Å². The first-order chi connectivity index (χ1) is 8.13. The SMILES string of the molecule is CCC(C)N(C)CCNC(N)=NCC1CCC1. The highest BCUT2D eigenvalue weighted by molar-refractivity contribution is 5.77. The summed E-state index contributed by atoms with van der Waals surface area (Å²) < 4.78 is 0. The van der Waals surface area contributed by atoms with Crippen LogP contribution in [0.2, 0.25) is 0 Å². The van der Waals surface area contributed by atoms with E-state index in [1.807, 2.05) is 0 Å². The number of nitrogens with two attached hydrogens (primary N) is 1. The van der Waals surface area contributed by atoms with Crippen molar-refractivity contribution < 1.29 is 0 Å². The average Bonchev–Trinajstić information content (AvgIpc) is 2.25. The maximum atomic E-state index is 5.82. The van der Waals surface area contributed by atoms with E-state index in [1.54, 1.807) is 0 Å². The summed E-state index contributed by atoms with van der Waals surface area (Å²) in [6.07, 6.45) is 5.20. The maximum Gasteiger partial charge on any atom is 0.188 e. The van der Waals surface area contributed by atoms with E-state index in [0.717, 1.165) is 25.6 Å². The minimum Gasteiger partial charge on any atom is -0.370 e. The molecule has 0 amide bonds. The van der Waals surface area contributed by atoms with Crippen LogP contribution in [0.4, 0.5) is 0 Å². The Kier molecular flexibility index (Phi) is 6.34. The van der Waals surface area contributed by atoms with Gasteiger partial charge in [-0.2, -0.15) is 0 Å². The molecule has 0 aliphatic heterocycles. The van der Waals surface area contributed by atoms with Crippen molar-refractivity contribution in [1.82, 2.24) is 10.2 Å². The summed E-state index contributed by atoms with van der Waals surface area (Å²) in [6, 6.07) is 0.630. The zero-order valence-corrected chi connectivity index (χ0v) is 11.6. The van der Waals surface area contributed by atoms with Crippen molar-refractivity contribution in [1.29, 1.82) is 0 Å². The topological polar surface area (TPSA) is 53.6 Å². The van der Waals surface area contributed by atoms with Crippen LogP contribution in [0.25, 0.3) is 0 Å². The highest BCUT2D eigenvalue weighted by Gasteiger charge is 2.16. The van der Waals surface area contributed by atoms with Gasteiger partial charge in [-0.15, -0.1) is 0 Å². The molecular weight excluding hydrogens is 212 g/mol. The van der Waals surface area contributed by atoms with Gasteiger partial charge in [-0.3, -0.25) is 4.99 Å². The second kappa shape index (κ2) is 7.54. The van der Waals surface area contributed by atoms with Crippen molar-refractivity contribution in [3.63, 3.8) is 0 Å². The Morgan fingerprint density at radius 1 is 1.53 bits per heavy atom. The Labute approximate surface area is 106 Å². The molecule has 4 heteroatoms. The van der Waals surface area contributed by atoms with Crippen molar-refractivity contribution in [2.75, 3.05) is 26.7 Å². The number of rotatable bonds is 7. The van der Waals surface area contributed by atoms with E-state index in [1.165, 1.54) is 25.7 Å². The van der Waals surface area contributed by atoms with Gasteiger partial charge in [0.05, 0.1) is 0 Å². The van der Waals surface area contributed by atoms with Gasteiger partial charge in [-0.1, -0.05) is 13.3 Å². The largest absolute Gasteiger partial charge is 0.370 e. The quantitative estimate of drug-likeness (QED) is 0.523. The number of aliphatic imine (C=N–C) groups is 1. The Morgan fingerprint density at radius 3 is 2.76 bits per heavy atom. The third kappa shape index (κ3) is 5.39. The van der Waals surface area contributed by atoms with Gasteiger partial charge in [-0.25, -0.2) is 0 Å². The average molecular weight is 240 g/mol. The molecule has 1 unspecified atom stereocenters. The molecule has 1 saturated carbocycles. The van der Waals surface area contributed by atoms with Gasteiger partial charge < -0.3 is 16.0 Å². The predicted molar refractivity (Wildman–Crippen MR) is 74.2 cm³/mol. The van der Waals surface area contributed by atoms with Gasteiger partial charge in [-0.05, 0) is 39.2 Å². The van der Waals surface area contributed by atoms with Crippen molar-refractivity contribution in [2.45, 2.75) is 45.6 Å². The Hall–Kier alpha value is -0.770. The van der Waals surface area contributed by atoms with Crippen molar-refractivity contribution >= 4 is 5.96 Å².